The predicted octanol–water partition coefficient (Wildman–Crippen LogP) is 4.93. The summed E-state index contributed by atoms with van der Waals surface area (Å²) in [6.07, 6.45) is 3.22. The third-order valence-corrected chi connectivity index (χ3v) is 4.47. The summed E-state index contributed by atoms with van der Waals surface area (Å²) in [6, 6.07) is 15.8. The Morgan fingerprint density at radius 2 is 1.67 bits per heavy atom. The van der Waals surface area contributed by atoms with Crippen molar-refractivity contribution in [2.75, 3.05) is 10.6 Å². The number of carbonyl (C=O) groups excluding carboxylic acids is 1. The van der Waals surface area contributed by atoms with E-state index in [2.05, 4.69) is 26.6 Å². The molecule has 0 saturated heterocycles. The van der Waals surface area contributed by atoms with Crippen molar-refractivity contribution in [1.29, 1.82) is 0 Å². The average Bonchev–Trinajstić information content (AvgIpc) is 2.41. The molecule has 1 aliphatic carbocycles. The molecule has 3 nitrogen and oxygen atoms in total. The number of hydrogen-bond donors (Lipinski definition) is 2. The van der Waals surface area contributed by atoms with E-state index >= 15 is 0 Å². The lowest BCUT2D eigenvalue weighted by Gasteiger charge is -2.24. The van der Waals surface area contributed by atoms with E-state index in [1.165, 1.54) is 6.42 Å². The summed E-state index contributed by atoms with van der Waals surface area (Å²) in [4.78, 5) is 11.9. The maximum Gasteiger partial charge on any atom is 0.227 e. The molecule has 0 unspecified atom stereocenters. The molecule has 0 aromatic heterocycles. The van der Waals surface area contributed by atoms with Crippen LogP contribution in [0.1, 0.15) is 19.3 Å². The number of hydrogen-bond acceptors (Lipinski definition) is 2. The topological polar surface area (TPSA) is 41.1 Å². The van der Waals surface area contributed by atoms with Crippen molar-refractivity contribution >= 4 is 38.9 Å². The number of benzene rings is 2. The van der Waals surface area contributed by atoms with E-state index in [-0.39, 0.29) is 11.8 Å². The molecular weight excluding hydrogens is 328 g/mol. The van der Waals surface area contributed by atoms with Crippen molar-refractivity contribution in [3.8, 4) is 0 Å². The Morgan fingerprint density at radius 1 is 1.00 bits per heavy atom. The Hall–Kier alpha value is -1.81. The molecule has 2 N–H and O–H groups in total. The molecule has 0 spiro atoms. The second kappa shape index (κ2) is 6.31. The molecule has 0 aliphatic heterocycles. The van der Waals surface area contributed by atoms with E-state index in [0.29, 0.717) is 0 Å². The fraction of sp³-hybridized carbons (Fsp3) is 0.235. The number of carbonyl (C=O) groups is 1. The molecule has 1 aliphatic rings. The molecule has 1 saturated carbocycles. The molecule has 0 bridgehead atoms. The summed E-state index contributed by atoms with van der Waals surface area (Å²) in [5.74, 6) is 0.357. The highest BCUT2D eigenvalue weighted by molar-refractivity contribution is 9.10. The van der Waals surface area contributed by atoms with E-state index in [4.69, 9.17) is 0 Å². The average molecular weight is 345 g/mol. The van der Waals surface area contributed by atoms with Gasteiger partial charge >= 0.3 is 0 Å². The van der Waals surface area contributed by atoms with E-state index in [1.807, 2.05) is 48.5 Å². The van der Waals surface area contributed by atoms with Gasteiger partial charge in [0.05, 0.1) is 5.69 Å². The van der Waals surface area contributed by atoms with Gasteiger partial charge in [-0.1, -0.05) is 18.6 Å². The van der Waals surface area contributed by atoms with Crippen LogP contribution in [0.4, 0.5) is 17.1 Å². The van der Waals surface area contributed by atoms with Crippen LogP contribution >= 0.6 is 15.9 Å². The van der Waals surface area contributed by atoms with Gasteiger partial charge in [-0.2, -0.15) is 0 Å². The van der Waals surface area contributed by atoms with Gasteiger partial charge in [0, 0.05) is 21.8 Å². The molecule has 1 fully saturated rings. The molecule has 4 heteroatoms. The Bertz CT molecular complexity index is 635. The maximum atomic E-state index is 11.9. The first kappa shape index (κ1) is 14.1. The van der Waals surface area contributed by atoms with Crippen LogP contribution in [0.15, 0.2) is 53.0 Å². The molecule has 21 heavy (non-hydrogen) atoms. The molecule has 0 heterocycles. The van der Waals surface area contributed by atoms with Gasteiger partial charge in [-0.3, -0.25) is 4.79 Å². The van der Waals surface area contributed by atoms with Crippen LogP contribution in [-0.2, 0) is 4.79 Å². The third-order valence-electron chi connectivity index (χ3n) is 3.78. The first-order chi connectivity index (χ1) is 10.2. The summed E-state index contributed by atoms with van der Waals surface area (Å²) >= 11 is 3.51. The smallest absolute Gasteiger partial charge is 0.227 e. The Morgan fingerprint density at radius 3 is 2.29 bits per heavy atom. The van der Waals surface area contributed by atoms with Crippen molar-refractivity contribution in [3.63, 3.8) is 0 Å². The minimum atomic E-state index is 0.146. The van der Waals surface area contributed by atoms with Gasteiger partial charge in [0.2, 0.25) is 5.91 Å². The fourth-order valence-electron chi connectivity index (χ4n) is 2.27. The highest BCUT2D eigenvalue weighted by Crippen LogP contribution is 2.28. The molecule has 2 aromatic rings. The van der Waals surface area contributed by atoms with Crippen LogP contribution in [0.25, 0.3) is 0 Å². The first-order valence-corrected chi connectivity index (χ1v) is 7.94. The monoisotopic (exact) mass is 344 g/mol. The van der Waals surface area contributed by atoms with Crippen molar-refractivity contribution in [2.45, 2.75) is 19.3 Å². The minimum Gasteiger partial charge on any atom is -0.355 e. The largest absolute Gasteiger partial charge is 0.355 e. The van der Waals surface area contributed by atoms with Gasteiger partial charge in [0.1, 0.15) is 0 Å². The number of rotatable bonds is 4. The van der Waals surface area contributed by atoms with Crippen LogP contribution in [0.2, 0.25) is 0 Å². The van der Waals surface area contributed by atoms with Gasteiger partial charge in [0.25, 0.3) is 0 Å². The van der Waals surface area contributed by atoms with E-state index < -0.39 is 0 Å². The van der Waals surface area contributed by atoms with Crippen molar-refractivity contribution in [2.24, 2.45) is 5.92 Å². The molecule has 3 rings (SSSR count). The van der Waals surface area contributed by atoms with E-state index in [9.17, 15) is 4.79 Å². The zero-order chi connectivity index (χ0) is 14.7. The highest BCUT2D eigenvalue weighted by Gasteiger charge is 2.24. The van der Waals surface area contributed by atoms with Gasteiger partial charge in [-0.05, 0) is 65.2 Å². The molecule has 1 amide bonds. The van der Waals surface area contributed by atoms with Crippen LogP contribution in [-0.4, -0.2) is 5.91 Å². The molecule has 0 atom stereocenters. The molecular formula is C17H17BrN2O. The lowest BCUT2D eigenvalue weighted by Crippen LogP contribution is -2.27. The second-order valence-corrected chi connectivity index (χ2v) is 6.15. The molecule has 108 valence electrons. The summed E-state index contributed by atoms with van der Waals surface area (Å²) < 4.78 is 1.02. The summed E-state index contributed by atoms with van der Waals surface area (Å²) in [7, 11) is 0. The summed E-state index contributed by atoms with van der Waals surface area (Å²) in [5.41, 5.74) is 2.86. The first-order valence-electron chi connectivity index (χ1n) is 7.15. The number of halogens is 1. The SMILES string of the molecule is O=C(Nc1ccc(Nc2ccccc2Br)cc1)C1CCC1. The van der Waals surface area contributed by atoms with Crippen LogP contribution in [0.3, 0.4) is 0 Å². The van der Waals surface area contributed by atoms with Crippen LogP contribution < -0.4 is 10.6 Å². The van der Waals surface area contributed by atoms with Gasteiger partial charge in [-0.25, -0.2) is 0 Å². The predicted molar refractivity (Wildman–Crippen MR) is 89.8 cm³/mol. The third kappa shape index (κ3) is 3.45. The van der Waals surface area contributed by atoms with Crippen LogP contribution in [0, 0.1) is 5.92 Å². The number of para-hydroxylation sites is 1. The lowest BCUT2D eigenvalue weighted by molar-refractivity contribution is -0.122. The fourth-order valence-corrected chi connectivity index (χ4v) is 2.65. The normalized spacial score (nSPS) is 14.3. The van der Waals surface area contributed by atoms with E-state index in [1.54, 1.807) is 0 Å². The lowest BCUT2D eigenvalue weighted by atomic mass is 9.85. The van der Waals surface area contributed by atoms with Gasteiger partial charge in [-0.15, -0.1) is 0 Å². The van der Waals surface area contributed by atoms with Gasteiger partial charge < -0.3 is 10.6 Å². The maximum absolute atomic E-state index is 11.9. The Labute approximate surface area is 132 Å². The summed E-state index contributed by atoms with van der Waals surface area (Å²) in [5, 5.41) is 6.31. The zero-order valence-electron chi connectivity index (χ0n) is 11.6. The molecule has 0 radical (unpaired) electrons. The second-order valence-electron chi connectivity index (χ2n) is 5.30. The van der Waals surface area contributed by atoms with Crippen molar-refractivity contribution < 1.29 is 4.79 Å². The zero-order valence-corrected chi connectivity index (χ0v) is 13.2. The van der Waals surface area contributed by atoms with Gasteiger partial charge in [0.15, 0.2) is 0 Å². The molecule has 2 aromatic carbocycles. The Kier molecular flexibility index (Phi) is 4.25. The summed E-state index contributed by atoms with van der Waals surface area (Å²) in [6.45, 7) is 0. The number of nitrogens with one attached hydrogen (secondary N) is 2. The Balaban J connectivity index is 1.64. The van der Waals surface area contributed by atoms with Crippen molar-refractivity contribution in [3.05, 3.63) is 53.0 Å². The number of anilines is 3. The van der Waals surface area contributed by atoms with Crippen LogP contribution in [0.5, 0.6) is 0 Å². The van der Waals surface area contributed by atoms with E-state index in [0.717, 1.165) is 34.4 Å². The van der Waals surface area contributed by atoms with Crippen molar-refractivity contribution in [1.82, 2.24) is 0 Å². The quantitative estimate of drug-likeness (QED) is 0.825. The standard InChI is InChI=1S/C17H17BrN2O/c18-15-6-1-2-7-16(15)19-13-8-10-14(11-9-13)20-17(21)12-4-3-5-12/h1-2,6-12,19H,3-5H2,(H,20,21). The minimum absolute atomic E-state index is 0.146. The highest BCUT2D eigenvalue weighted by atomic mass is 79.9. The number of amides is 1.